The van der Waals surface area contributed by atoms with Crippen LogP contribution in [0.25, 0.3) is 0 Å². The normalized spacial score (nSPS) is 11.1. The van der Waals surface area contributed by atoms with Crippen molar-refractivity contribution in [1.82, 2.24) is 9.88 Å². The van der Waals surface area contributed by atoms with Crippen molar-refractivity contribution >= 4 is 5.91 Å². The summed E-state index contributed by atoms with van der Waals surface area (Å²) in [6.07, 6.45) is 1.59. The SMILES string of the molecule is COc1ncccc1C(=O)N(C)C(C)(C)CN. The van der Waals surface area contributed by atoms with Gasteiger partial charge in [0.2, 0.25) is 5.88 Å². The number of nitrogens with two attached hydrogens (primary N) is 1. The molecule has 0 bridgehead atoms. The predicted octanol–water partition coefficient (Wildman–Crippen LogP) is 0.899. The van der Waals surface area contributed by atoms with Crippen molar-refractivity contribution in [1.29, 1.82) is 0 Å². The number of hydrogen-bond donors (Lipinski definition) is 1. The molecule has 0 aliphatic carbocycles. The Morgan fingerprint density at radius 1 is 1.59 bits per heavy atom. The minimum absolute atomic E-state index is 0.148. The van der Waals surface area contributed by atoms with Crippen LogP contribution in [0.2, 0.25) is 0 Å². The fourth-order valence-corrected chi connectivity index (χ4v) is 1.31. The first-order chi connectivity index (χ1) is 7.94. The predicted molar refractivity (Wildman–Crippen MR) is 66.0 cm³/mol. The maximum absolute atomic E-state index is 12.3. The van der Waals surface area contributed by atoms with E-state index in [9.17, 15) is 4.79 Å². The highest BCUT2D eigenvalue weighted by Gasteiger charge is 2.28. The Morgan fingerprint density at radius 2 is 2.24 bits per heavy atom. The summed E-state index contributed by atoms with van der Waals surface area (Å²) in [5.41, 5.74) is 5.69. The molecule has 0 radical (unpaired) electrons. The summed E-state index contributed by atoms with van der Waals surface area (Å²) in [6, 6.07) is 3.40. The lowest BCUT2D eigenvalue weighted by atomic mass is 10.0. The second kappa shape index (κ2) is 5.14. The van der Waals surface area contributed by atoms with Gasteiger partial charge in [0.1, 0.15) is 5.56 Å². The summed E-state index contributed by atoms with van der Waals surface area (Å²) >= 11 is 0. The van der Waals surface area contributed by atoms with Crippen molar-refractivity contribution in [3.05, 3.63) is 23.9 Å². The Kier molecular flexibility index (Phi) is 4.07. The zero-order chi connectivity index (χ0) is 13.1. The maximum Gasteiger partial charge on any atom is 0.259 e. The van der Waals surface area contributed by atoms with Gasteiger partial charge in [-0.15, -0.1) is 0 Å². The lowest BCUT2D eigenvalue weighted by Crippen LogP contribution is -2.50. The first-order valence-electron chi connectivity index (χ1n) is 5.41. The van der Waals surface area contributed by atoms with E-state index in [1.165, 1.54) is 7.11 Å². The molecule has 0 spiro atoms. The monoisotopic (exact) mass is 237 g/mol. The number of aromatic nitrogens is 1. The molecule has 1 amide bonds. The lowest BCUT2D eigenvalue weighted by molar-refractivity contribution is 0.0636. The smallest absolute Gasteiger partial charge is 0.259 e. The van der Waals surface area contributed by atoms with Gasteiger partial charge in [-0.2, -0.15) is 0 Å². The Labute approximate surface area is 102 Å². The summed E-state index contributed by atoms with van der Waals surface area (Å²) < 4.78 is 5.07. The Bertz CT molecular complexity index is 404. The molecule has 94 valence electrons. The Hall–Kier alpha value is -1.62. The zero-order valence-corrected chi connectivity index (χ0v) is 10.7. The molecule has 2 N–H and O–H groups in total. The molecular weight excluding hydrogens is 218 g/mol. The van der Waals surface area contributed by atoms with Gasteiger partial charge in [-0.3, -0.25) is 4.79 Å². The number of carbonyl (C=O) groups excluding carboxylic acids is 1. The first-order valence-corrected chi connectivity index (χ1v) is 5.41. The van der Waals surface area contributed by atoms with Gasteiger partial charge in [0, 0.05) is 25.3 Å². The second-order valence-electron chi connectivity index (χ2n) is 4.44. The summed E-state index contributed by atoms with van der Waals surface area (Å²) in [5, 5.41) is 0. The van der Waals surface area contributed by atoms with Crippen LogP contribution in [0.1, 0.15) is 24.2 Å². The third-order valence-corrected chi connectivity index (χ3v) is 2.91. The van der Waals surface area contributed by atoms with Crippen LogP contribution in [-0.4, -0.2) is 42.0 Å². The van der Waals surface area contributed by atoms with Crippen molar-refractivity contribution in [3.8, 4) is 5.88 Å². The molecule has 5 nitrogen and oxygen atoms in total. The van der Waals surface area contributed by atoms with Gasteiger partial charge >= 0.3 is 0 Å². The van der Waals surface area contributed by atoms with Gasteiger partial charge in [-0.05, 0) is 26.0 Å². The summed E-state index contributed by atoms with van der Waals surface area (Å²) in [6.45, 7) is 4.21. The van der Waals surface area contributed by atoms with E-state index in [-0.39, 0.29) is 5.91 Å². The highest BCUT2D eigenvalue weighted by atomic mass is 16.5. The molecule has 1 rings (SSSR count). The molecule has 5 heteroatoms. The molecular formula is C12H19N3O2. The van der Waals surface area contributed by atoms with Crippen molar-refractivity contribution < 1.29 is 9.53 Å². The van der Waals surface area contributed by atoms with Gasteiger partial charge in [-0.25, -0.2) is 4.98 Å². The summed E-state index contributed by atoms with van der Waals surface area (Å²) in [7, 11) is 3.22. The van der Waals surface area contributed by atoms with Crippen molar-refractivity contribution in [3.63, 3.8) is 0 Å². The number of pyridine rings is 1. The summed E-state index contributed by atoms with van der Waals surface area (Å²) in [5.74, 6) is 0.183. The van der Waals surface area contributed by atoms with E-state index in [1.807, 2.05) is 13.8 Å². The number of amides is 1. The fourth-order valence-electron chi connectivity index (χ4n) is 1.31. The van der Waals surface area contributed by atoms with Gasteiger partial charge in [0.15, 0.2) is 0 Å². The average Bonchev–Trinajstić information content (AvgIpc) is 2.36. The highest BCUT2D eigenvalue weighted by molar-refractivity contribution is 5.96. The molecule has 1 aromatic heterocycles. The van der Waals surface area contributed by atoms with E-state index in [0.717, 1.165) is 0 Å². The van der Waals surface area contributed by atoms with E-state index < -0.39 is 5.54 Å². The topological polar surface area (TPSA) is 68.5 Å². The molecule has 0 fully saturated rings. The van der Waals surface area contributed by atoms with Crippen LogP contribution in [0.5, 0.6) is 5.88 Å². The molecule has 0 saturated carbocycles. The molecule has 0 unspecified atom stereocenters. The molecule has 17 heavy (non-hydrogen) atoms. The number of rotatable bonds is 4. The molecule has 0 aliphatic rings. The van der Waals surface area contributed by atoms with Crippen LogP contribution in [0.4, 0.5) is 0 Å². The summed E-state index contributed by atoms with van der Waals surface area (Å²) in [4.78, 5) is 17.9. The van der Waals surface area contributed by atoms with E-state index >= 15 is 0 Å². The number of likely N-dealkylation sites (N-methyl/N-ethyl adjacent to an activating group) is 1. The largest absolute Gasteiger partial charge is 0.480 e. The average molecular weight is 237 g/mol. The van der Waals surface area contributed by atoms with Gasteiger partial charge in [0.05, 0.1) is 7.11 Å². The third kappa shape index (κ3) is 2.74. The zero-order valence-electron chi connectivity index (χ0n) is 10.7. The first kappa shape index (κ1) is 13.4. The molecule has 1 aromatic rings. The van der Waals surface area contributed by atoms with Crippen LogP contribution in [0.3, 0.4) is 0 Å². The fraction of sp³-hybridized carbons (Fsp3) is 0.500. The van der Waals surface area contributed by atoms with Crippen LogP contribution in [0.15, 0.2) is 18.3 Å². The van der Waals surface area contributed by atoms with E-state index in [0.29, 0.717) is 18.0 Å². The molecule has 0 atom stereocenters. The van der Waals surface area contributed by atoms with Gasteiger partial charge in [0.25, 0.3) is 5.91 Å². The second-order valence-corrected chi connectivity index (χ2v) is 4.44. The Morgan fingerprint density at radius 3 is 2.76 bits per heavy atom. The van der Waals surface area contributed by atoms with E-state index in [2.05, 4.69) is 4.98 Å². The van der Waals surface area contributed by atoms with Gasteiger partial charge in [-0.1, -0.05) is 0 Å². The highest BCUT2D eigenvalue weighted by Crippen LogP contribution is 2.20. The quantitative estimate of drug-likeness (QED) is 0.844. The Balaban J connectivity index is 3.04. The van der Waals surface area contributed by atoms with Gasteiger partial charge < -0.3 is 15.4 Å². The molecule has 0 aliphatic heterocycles. The minimum atomic E-state index is -0.405. The standard InChI is InChI=1S/C12H19N3O2/c1-12(2,8-13)15(3)11(16)9-6-5-7-14-10(9)17-4/h5-7H,8,13H2,1-4H3. The van der Waals surface area contributed by atoms with E-state index in [4.69, 9.17) is 10.5 Å². The van der Waals surface area contributed by atoms with Crippen molar-refractivity contribution in [2.24, 2.45) is 5.73 Å². The number of nitrogens with zero attached hydrogens (tertiary/aromatic N) is 2. The number of methoxy groups -OCH3 is 1. The van der Waals surface area contributed by atoms with Crippen molar-refractivity contribution in [2.75, 3.05) is 20.7 Å². The lowest BCUT2D eigenvalue weighted by Gasteiger charge is -2.34. The molecule has 0 aromatic carbocycles. The van der Waals surface area contributed by atoms with E-state index in [1.54, 1.807) is 30.3 Å². The third-order valence-electron chi connectivity index (χ3n) is 2.91. The van der Waals surface area contributed by atoms with Crippen molar-refractivity contribution in [2.45, 2.75) is 19.4 Å². The van der Waals surface area contributed by atoms with Crippen LogP contribution in [-0.2, 0) is 0 Å². The number of hydrogen-bond acceptors (Lipinski definition) is 4. The maximum atomic E-state index is 12.3. The van der Waals surface area contributed by atoms with Crippen LogP contribution in [0, 0.1) is 0 Å². The van der Waals surface area contributed by atoms with Crippen LogP contribution >= 0.6 is 0 Å². The van der Waals surface area contributed by atoms with Crippen LogP contribution < -0.4 is 10.5 Å². The molecule has 1 heterocycles. The number of ether oxygens (including phenoxy) is 1. The minimum Gasteiger partial charge on any atom is -0.480 e. The number of carbonyl (C=O) groups is 1. The molecule has 0 saturated heterocycles.